The zero-order valence-electron chi connectivity index (χ0n) is 8.97. The number of allylic oxidation sites excluding steroid dienone is 1. The lowest BCUT2D eigenvalue weighted by Crippen LogP contribution is -1.90. The van der Waals surface area contributed by atoms with Crippen molar-refractivity contribution in [2.75, 3.05) is 0 Å². The van der Waals surface area contributed by atoms with Gasteiger partial charge in [0.1, 0.15) is 0 Å². The van der Waals surface area contributed by atoms with E-state index in [1.54, 1.807) is 6.20 Å². The van der Waals surface area contributed by atoms with Crippen molar-refractivity contribution >= 4 is 22.2 Å². The van der Waals surface area contributed by atoms with Crippen molar-refractivity contribution in [1.82, 2.24) is 4.98 Å². The molecule has 0 N–H and O–H groups in total. The molecule has 0 fully saturated rings. The number of hydrogen-bond acceptors (Lipinski definition) is 1. The monoisotopic (exact) mass is 209 g/mol. The average Bonchev–Trinajstić information content (AvgIpc) is 2.20. The minimum Gasteiger partial charge on any atom is -0.255 e. The minimum absolute atomic E-state index is 0.452. The number of halogens is 1. The lowest BCUT2D eigenvalue weighted by molar-refractivity contribution is 1.27. The van der Waals surface area contributed by atoms with Gasteiger partial charge in [-0.25, -0.2) is 0 Å². The molecular weight excluding hydrogens is 194 g/mol. The Kier molecular flexibility index (Phi) is 5.89. The summed E-state index contributed by atoms with van der Waals surface area (Å²) in [6.07, 6.45) is 1.69. The van der Waals surface area contributed by atoms with Crippen LogP contribution in [0.1, 0.15) is 32.0 Å². The van der Waals surface area contributed by atoms with E-state index < -0.39 is 0 Å². The number of aromatic nitrogens is 1. The molecule has 2 heteroatoms. The first-order valence-corrected chi connectivity index (χ1v) is 4.96. The van der Waals surface area contributed by atoms with Crippen molar-refractivity contribution in [1.29, 1.82) is 0 Å². The topological polar surface area (TPSA) is 12.9 Å². The van der Waals surface area contributed by atoms with Crippen LogP contribution >= 0.6 is 11.6 Å². The number of rotatable bonds is 2. The molecular formula is C12H16ClN. The van der Waals surface area contributed by atoms with E-state index in [4.69, 9.17) is 11.6 Å². The molecule has 1 aromatic heterocycles. The van der Waals surface area contributed by atoms with E-state index in [1.165, 1.54) is 0 Å². The van der Waals surface area contributed by atoms with Gasteiger partial charge in [0.2, 0.25) is 0 Å². The fourth-order valence-corrected chi connectivity index (χ4v) is 1.12. The lowest BCUT2D eigenvalue weighted by atomic mass is 10.1. The SMILES string of the molecule is C=C(C)c1cccnc1C(=C)Cl.CC. The summed E-state index contributed by atoms with van der Waals surface area (Å²) < 4.78 is 0. The molecule has 0 amide bonds. The molecule has 0 radical (unpaired) electrons. The van der Waals surface area contributed by atoms with Crippen LogP contribution in [-0.4, -0.2) is 4.98 Å². The summed E-state index contributed by atoms with van der Waals surface area (Å²) in [5, 5.41) is 0.452. The Bertz CT molecular complexity index is 296. The van der Waals surface area contributed by atoms with Gasteiger partial charge in [0.05, 0.1) is 10.7 Å². The van der Waals surface area contributed by atoms with E-state index in [-0.39, 0.29) is 0 Å². The predicted octanol–water partition coefficient (Wildman–Crippen LogP) is 4.35. The van der Waals surface area contributed by atoms with Crippen LogP contribution in [0.5, 0.6) is 0 Å². The number of hydrogen-bond donors (Lipinski definition) is 0. The van der Waals surface area contributed by atoms with Gasteiger partial charge in [0.15, 0.2) is 0 Å². The third kappa shape index (κ3) is 3.35. The van der Waals surface area contributed by atoms with Crippen LogP contribution in [-0.2, 0) is 0 Å². The van der Waals surface area contributed by atoms with Crippen molar-refractivity contribution < 1.29 is 0 Å². The summed E-state index contributed by atoms with van der Waals surface area (Å²) in [6.45, 7) is 13.4. The Labute approximate surface area is 91.1 Å². The lowest BCUT2D eigenvalue weighted by Gasteiger charge is -2.04. The zero-order valence-corrected chi connectivity index (χ0v) is 9.73. The van der Waals surface area contributed by atoms with Crippen molar-refractivity contribution in [3.63, 3.8) is 0 Å². The molecule has 0 saturated carbocycles. The Morgan fingerprint density at radius 1 is 1.36 bits per heavy atom. The third-order valence-corrected chi connectivity index (χ3v) is 1.70. The standard InChI is InChI=1S/C10H10ClN.C2H6/c1-7(2)9-5-4-6-12-10(9)8(3)11;1-2/h4-6H,1,3H2,2H3;1-2H3. The molecule has 76 valence electrons. The van der Waals surface area contributed by atoms with Crippen LogP contribution < -0.4 is 0 Å². The van der Waals surface area contributed by atoms with E-state index in [0.717, 1.165) is 11.1 Å². The maximum absolute atomic E-state index is 5.75. The van der Waals surface area contributed by atoms with Crippen molar-refractivity contribution in [3.8, 4) is 0 Å². The second-order valence-corrected chi connectivity index (χ2v) is 3.04. The Morgan fingerprint density at radius 2 is 1.93 bits per heavy atom. The van der Waals surface area contributed by atoms with Gasteiger partial charge >= 0.3 is 0 Å². The first-order chi connectivity index (χ1) is 6.63. The van der Waals surface area contributed by atoms with Gasteiger partial charge in [0, 0.05) is 11.8 Å². The fourth-order valence-electron chi connectivity index (χ4n) is 0.966. The van der Waals surface area contributed by atoms with Crippen molar-refractivity contribution in [2.24, 2.45) is 0 Å². The van der Waals surface area contributed by atoms with Gasteiger partial charge < -0.3 is 0 Å². The molecule has 0 aliphatic rings. The highest BCUT2D eigenvalue weighted by Gasteiger charge is 2.04. The van der Waals surface area contributed by atoms with Gasteiger partial charge in [0.25, 0.3) is 0 Å². The molecule has 0 aromatic carbocycles. The van der Waals surface area contributed by atoms with Crippen molar-refractivity contribution in [2.45, 2.75) is 20.8 Å². The van der Waals surface area contributed by atoms with Crippen LogP contribution in [0.4, 0.5) is 0 Å². The van der Waals surface area contributed by atoms with E-state index >= 15 is 0 Å². The van der Waals surface area contributed by atoms with Crippen LogP contribution in [0.3, 0.4) is 0 Å². The molecule has 0 saturated heterocycles. The van der Waals surface area contributed by atoms with Gasteiger partial charge in [-0.1, -0.05) is 44.7 Å². The Hall–Kier alpha value is -1.08. The Morgan fingerprint density at radius 3 is 2.29 bits per heavy atom. The van der Waals surface area contributed by atoms with E-state index in [0.29, 0.717) is 10.7 Å². The first-order valence-electron chi connectivity index (χ1n) is 4.58. The van der Waals surface area contributed by atoms with Gasteiger partial charge in [-0.05, 0) is 18.6 Å². The molecule has 0 aliphatic heterocycles. The third-order valence-electron chi connectivity index (χ3n) is 1.52. The molecule has 0 spiro atoms. The molecule has 1 nitrogen and oxygen atoms in total. The van der Waals surface area contributed by atoms with Crippen LogP contribution in [0.2, 0.25) is 0 Å². The summed E-state index contributed by atoms with van der Waals surface area (Å²) in [5.41, 5.74) is 2.61. The minimum atomic E-state index is 0.452. The number of nitrogens with zero attached hydrogens (tertiary/aromatic N) is 1. The summed E-state index contributed by atoms with van der Waals surface area (Å²) >= 11 is 5.75. The normalized spacial score (nSPS) is 8.57. The molecule has 14 heavy (non-hydrogen) atoms. The zero-order chi connectivity index (χ0) is 11.1. The predicted molar refractivity (Wildman–Crippen MR) is 65.2 cm³/mol. The largest absolute Gasteiger partial charge is 0.255 e. The highest BCUT2D eigenvalue weighted by molar-refractivity contribution is 6.48. The van der Waals surface area contributed by atoms with Crippen molar-refractivity contribution in [3.05, 3.63) is 42.7 Å². The summed E-state index contributed by atoms with van der Waals surface area (Å²) in [6, 6.07) is 3.78. The van der Waals surface area contributed by atoms with E-state index in [9.17, 15) is 0 Å². The molecule has 0 atom stereocenters. The van der Waals surface area contributed by atoms with E-state index in [1.807, 2.05) is 32.9 Å². The molecule has 1 aromatic rings. The molecule has 1 heterocycles. The smallest absolute Gasteiger partial charge is 0.0884 e. The summed E-state index contributed by atoms with van der Waals surface area (Å²) in [7, 11) is 0. The second kappa shape index (κ2) is 6.39. The highest BCUT2D eigenvalue weighted by Crippen LogP contribution is 2.22. The highest BCUT2D eigenvalue weighted by atomic mass is 35.5. The average molecular weight is 210 g/mol. The number of pyridine rings is 1. The quantitative estimate of drug-likeness (QED) is 0.706. The van der Waals surface area contributed by atoms with Gasteiger partial charge in [-0.3, -0.25) is 4.98 Å². The maximum Gasteiger partial charge on any atom is 0.0884 e. The van der Waals surface area contributed by atoms with Crippen LogP contribution in [0.25, 0.3) is 10.6 Å². The van der Waals surface area contributed by atoms with Crippen LogP contribution in [0, 0.1) is 0 Å². The first kappa shape index (κ1) is 12.9. The maximum atomic E-state index is 5.75. The molecule has 0 unspecified atom stereocenters. The molecule has 0 bridgehead atoms. The second-order valence-electron chi connectivity index (χ2n) is 2.58. The summed E-state index contributed by atoms with van der Waals surface area (Å²) in [4.78, 5) is 4.11. The van der Waals surface area contributed by atoms with Gasteiger partial charge in [-0.15, -0.1) is 0 Å². The Balaban J connectivity index is 0.000000791. The molecule has 1 rings (SSSR count). The van der Waals surface area contributed by atoms with E-state index in [2.05, 4.69) is 18.1 Å². The summed E-state index contributed by atoms with van der Waals surface area (Å²) in [5.74, 6) is 0. The fraction of sp³-hybridized carbons (Fsp3) is 0.250. The van der Waals surface area contributed by atoms with Gasteiger partial charge in [-0.2, -0.15) is 0 Å². The molecule has 0 aliphatic carbocycles. The van der Waals surface area contributed by atoms with Crippen LogP contribution in [0.15, 0.2) is 31.5 Å².